The van der Waals surface area contributed by atoms with E-state index in [1.54, 1.807) is 31.4 Å². The number of nitrogens with zero attached hydrogens (tertiary/aromatic N) is 2. The number of amides is 1. The Kier molecular flexibility index (Phi) is 5.66. The van der Waals surface area contributed by atoms with Crippen molar-refractivity contribution in [1.29, 1.82) is 0 Å². The van der Waals surface area contributed by atoms with Crippen molar-refractivity contribution in [2.24, 2.45) is 0 Å². The van der Waals surface area contributed by atoms with E-state index in [1.807, 2.05) is 29.2 Å². The summed E-state index contributed by atoms with van der Waals surface area (Å²) in [6, 6.07) is 15.1. The minimum Gasteiger partial charge on any atom is -0.497 e. The fourth-order valence-corrected chi connectivity index (χ4v) is 2.98. The highest BCUT2D eigenvalue weighted by Crippen LogP contribution is 2.21. The normalized spacial score (nSPS) is 14.3. The molecule has 0 atom stereocenters. The Morgan fingerprint density at radius 2 is 1.76 bits per heavy atom. The zero-order valence-electron chi connectivity index (χ0n) is 14.2. The fourth-order valence-electron chi connectivity index (χ4n) is 2.80. The third kappa shape index (κ3) is 4.57. The van der Waals surface area contributed by atoms with E-state index in [4.69, 9.17) is 21.1 Å². The maximum atomic E-state index is 12.3. The van der Waals surface area contributed by atoms with Gasteiger partial charge in [0.05, 0.1) is 7.11 Å². The Labute approximate surface area is 152 Å². The molecular weight excluding hydrogens is 340 g/mol. The van der Waals surface area contributed by atoms with Crippen molar-refractivity contribution in [1.82, 2.24) is 4.90 Å². The second-order valence-electron chi connectivity index (χ2n) is 5.81. The smallest absolute Gasteiger partial charge is 0.260 e. The van der Waals surface area contributed by atoms with Gasteiger partial charge in [-0.15, -0.1) is 0 Å². The van der Waals surface area contributed by atoms with Crippen molar-refractivity contribution in [3.63, 3.8) is 0 Å². The van der Waals surface area contributed by atoms with Gasteiger partial charge in [-0.1, -0.05) is 17.7 Å². The van der Waals surface area contributed by atoms with Crippen LogP contribution < -0.4 is 14.4 Å². The summed E-state index contributed by atoms with van der Waals surface area (Å²) in [7, 11) is 1.66. The van der Waals surface area contributed by atoms with Crippen molar-refractivity contribution < 1.29 is 14.3 Å². The number of ether oxygens (including phenoxy) is 2. The molecule has 6 heteroatoms. The van der Waals surface area contributed by atoms with Gasteiger partial charge in [-0.2, -0.15) is 0 Å². The fraction of sp³-hybridized carbons (Fsp3) is 0.316. The third-order valence-corrected chi connectivity index (χ3v) is 4.46. The summed E-state index contributed by atoms with van der Waals surface area (Å²) in [5.41, 5.74) is 1.14. The van der Waals surface area contributed by atoms with E-state index in [0.717, 1.165) is 24.5 Å². The van der Waals surface area contributed by atoms with Gasteiger partial charge in [0.2, 0.25) is 0 Å². The van der Waals surface area contributed by atoms with Crippen molar-refractivity contribution in [2.45, 2.75) is 0 Å². The molecule has 5 nitrogen and oxygen atoms in total. The molecule has 0 radical (unpaired) electrons. The van der Waals surface area contributed by atoms with Crippen molar-refractivity contribution in [3.8, 4) is 11.5 Å². The van der Waals surface area contributed by atoms with Gasteiger partial charge in [-0.3, -0.25) is 4.79 Å². The average molecular weight is 361 g/mol. The molecule has 2 aromatic rings. The highest BCUT2D eigenvalue weighted by molar-refractivity contribution is 6.30. The van der Waals surface area contributed by atoms with Crippen molar-refractivity contribution in [3.05, 3.63) is 53.6 Å². The molecule has 1 fully saturated rings. The van der Waals surface area contributed by atoms with Crippen LogP contribution in [-0.4, -0.2) is 50.7 Å². The van der Waals surface area contributed by atoms with Crippen LogP contribution in [0.15, 0.2) is 48.5 Å². The summed E-state index contributed by atoms with van der Waals surface area (Å²) in [5, 5.41) is 0.595. The zero-order chi connectivity index (χ0) is 17.6. The first kappa shape index (κ1) is 17.4. The average Bonchev–Trinajstić information content (AvgIpc) is 2.66. The third-order valence-electron chi connectivity index (χ3n) is 4.23. The molecular formula is C19H21ClN2O3. The predicted molar refractivity (Wildman–Crippen MR) is 98.7 cm³/mol. The number of hydrogen-bond donors (Lipinski definition) is 0. The van der Waals surface area contributed by atoms with Crippen LogP contribution in [0.25, 0.3) is 0 Å². The molecule has 25 heavy (non-hydrogen) atoms. The summed E-state index contributed by atoms with van der Waals surface area (Å²) >= 11 is 5.91. The first-order chi connectivity index (χ1) is 12.2. The molecule has 2 aromatic carbocycles. The number of carbonyl (C=O) groups is 1. The molecule has 0 aliphatic carbocycles. The number of halogens is 1. The largest absolute Gasteiger partial charge is 0.497 e. The van der Waals surface area contributed by atoms with E-state index in [0.29, 0.717) is 23.9 Å². The molecule has 1 amide bonds. The number of benzene rings is 2. The maximum absolute atomic E-state index is 12.3. The van der Waals surface area contributed by atoms with Crippen LogP contribution in [-0.2, 0) is 4.79 Å². The van der Waals surface area contributed by atoms with Crippen LogP contribution in [0.3, 0.4) is 0 Å². The first-order valence-electron chi connectivity index (χ1n) is 8.21. The molecule has 1 heterocycles. The zero-order valence-corrected chi connectivity index (χ0v) is 14.9. The Morgan fingerprint density at radius 3 is 2.40 bits per heavy atom. The second kappa shape index (κ2) is 8.12. The summed E-state index contributed by atoms with van der Waals surface area (Å²) < 4.78 is 10.7. The lowest BCUT2D eigenvalue weighted by Crippen LogP contribution is -2.50. The van der Waals surface area contributed by atoms with E-state index >= 15 is 0 Å². The predicted octanol–water partition coefficient (Wildman–Crippen LogP) is 3.08. The van der Waals surface area contributed by atoms with Gasteiger partial charge in [0, 0.05) is 36.9 Å². The molecule has 1 aliphatic rings. The molecule has 3 rings (SSSR count). The molecule has 1 saturated heterocycles. The van der Waals surface area contributed by atoms with E-state index in [2.05, 4.69) is 4.90 Å². The van der Waals surface area contributed by atoms with Gasteiger partial charge >= 0.3 is 0 Å². The van der Waals surface area contributed by atoms with Crippen molar-refractivity contribution in [2.75, 3.05) is 44.8 Å². The van der Waals surface area contributed by atoms with Crippen LogP contribution in [0.4, 0.5) is 5.69 Å². The van der Waals surface area contributed by atoms with E-state index in [-0.39, 0.29) is 12.5 Å². The number of methoxy groups -OCH3 is 1. The maximum Gasteiger partial charge on any atom is 0.260 e. The van der Waals surface area contributed by atoms with Crippen molar-refractivity contribution >= 4 is 23.2 Å². The molecule has 0 N–H and O–H groups in total. The van der Waals surface area contributed by atoms with Gasteiger partial charge in [0.15, 0.2) is 6.61 Å². The van der Waals surface area contributed by atoms with Gasteiger partial charge in [0.25, 0.3) is 5.91 Å². The molecule has 1 aliphatic heterocycles. The van der Waals surface area contributed by atoms with Crippen LogP contribution >= 0.6 is 11.6 Å². The molecule has 132 valence electrons. The minimum atomic E-state index is -0.00523. The highest BCUT2D eigenvalue weighted by Gasteiger charge is 2.21. The standard InChI is InChI=1S/C19H21ClN2O3/c1-24-17-7-5-16(6-8-17)21-9-11-22(12-10-21)19(23)14-25-18-4-2-3-15(20)13-18/h2-8,13H,9-12,14H2,1H3. The highest BCUT2D eigenvalue weighted by atomic mass is 35.5. The molecule has 0 bridgehead atoms. The SMILES string of the molecule is COc1ccc(N2CCN(C(=O)COc3cccc(Cl)c3)CC2)cc1. The van der Waals surface area contributed by atoms with Gasteiger partial charge in [0.1, 0.15) is 11.5 Å². The topological polar surface area (TPSA) is 42.0 Å². The van der Waals surface area contributed by atoms with E-state index in [9.17, 15) is 4.79 Å². The molecule has 0 saturated carbocycles. The lowest BCUT2D eigenvalue weighted by molar-refractivity contribution is -0.133. The lowest BCUT2D eigenvalue weighted by atomic mass is 10.2. The summed E-state index contributed by atoms with van der Waals surface area (Å²) in [6.45, 7) is 3.00. The Hall–Kier alpha value is -2.40. The second-order valence-corrected chi connectivity index (χ2v) is 6.25. The number of piperazine rings is 1. The van der Waals surface area contributed by atoms with Gasteiger partial charge in [-0.25, -0.2) is 0 Å². The number of rotatable bonds is 5. The van der Waals surface area contributed by atoms with Crippen LogP contribution in [0.5, 0.6) is 11.5 Å². The lowest BCUT2D eigenvalue weighted by Gasteiger charge is -2.36. The summed E-state index contributed by atoms with van der Waals surface area (Å²) in [4.78, 5) is 16.4. The Bertz CT molecular complexity index is 713. The summed E-state index contributed by atoms with van der Waals surface area (Å²) in [6.07, 6.45) is 0. The molecule has 0 spiro atoms. The Balaban J connectivity index is 1.48. The monoisotopic (exact) mass is 360 g/mol. The van der Waals surface area contributed by atoms with E-state index in [1.165, 1.54) is 0 Å². The Morgan fingerprint density at radius 1 is 1.04 bits per heavy atom. The molecule has 0 aromatic heterocycles. The molecule has 0 unspecified atom stereocenters. The van der Waals surface area contributed by atoms with Gasteiger partial charge in [-0.05, 0) is 42.5 Å². The summed E-state index contributed by atoms with van der Waals surface area (Å²) in [5.74, 6) is 1.45. The number of hydrogen-bond acceptors (Lipinski definition) is 4. The minimum absolute atomic E-state index is 0.00523. The van der Waals surface area contributed by atoms with Crippen LogP contribution in [0.2, 0.25) is 5.02 Å². The van der Waals surface area contributed by atoms with Gasteiger partial charge < -0.3 is 19.3 Å². The number of carbonyl (C=O) groups excluding carboxylic acids is 1. The number of anilines is 1. The van der Waals surface area contributed by atoms with Crippen LogP contribution in [0.1, 0.15) is 0 Å². The van der Waals surface area contributed by atoms with E-state index < -0.39 is 0 Å². The quantitative estimate of drug-likeness (QED) is 0.821. The van der Waals surface area contributed by atoms with Crippen LogP contribution in [0, 0.1) is 0 Å². The first-order valence-corrected chi connectivity index (χ1v) is 8.58.